The SMILES string of the molecule is Cc1cccc(-c2ccc(CNC(=O)c3ccc[nH]c3=S)cc2)c1. The Labute approximate surface area is 146 Å². The summed E-state index contributed by atoms with van der Waals surface area (Å²) in [6, 6.07) is 20.1. The number of aromatic nitrogens is 1. The fourth-order valence-electron chi connectivity index (χ4n) is 2.52. The second-order valence-electron chi connectivity index (χ2n) is 5.66. The Bertz CT molecular complexity index is 913. The van der Waals surface area contributed by atoms with Crippen LogP contribution in [0.15, 0.2) is 66.9 Å². The Balaban J connectivity index is 1.68. The van der Waals surface area contributed by atoms with Crippen molar-refractivity contribution in [2.75, 3.05) is 0 Å². The van der Waals surface area contributed by atoms with Gasteiger partial charge in [-0.1, -0.05) is 66.3 Å². The lowest BCUT2D eigenvalue weighted by molar-refractivity contribution is 0.0950. The van der Waals surface area contributed by atoms with Crippen LogP contribution in [0.25, 0.3) is 11.1 Å². The van der Waals surface area contributed by atoms with Crippen LogP contribution in [-0.4, -0.2) is 10.9 Å². The molecule has 0 radical (unpaired) electrons. The molecule has 0 atom stereocenters. The zero-order valence-corrected chi connectivity index (χ0v) is 14.2. The van der Waals surface area contributed by atoms with E-state index in [1.807, 2.05) is 12.1 Å². The van der Waals surface area contributed by atoms with Crippen molar-refractivity contribution < 1.29 is 4.79 Å². The Morgan fingerprint density at radius 3 is 2.54 bits per heavy atom. The number of pyridine rings is 1. The predicted octanol–water partition coefficient (Wildman–Crippen LogP) is 4.65. The maximum absolute atomic E-state index is 12.2. The van der Waals surface area contributed by atoms with E-state index < -0.39 is 0 Å². The Morgan fingerprint density at radius 2 is 1.83 bits per heavy atom. The minimum absolute atomic E-state index is 0.167. The first kappa shape index (κ1) is 16.1. The lowest BCUT2D eigenvalue weighted by Crippen LogP contribution is -2.23. The molecule has 120 valence electrons. The van der Waals surface area contributed by atoms with E-state index >= 15 is 0 Å². The predicted molar refractivity (Wildman–Crippen MR) is 99.4 cm³/mol. The molecule has 0 saturated carbocycles. The maximum Gasteiger partial charge on any atom is 0.254 e. The number of hydrogen-bond acceptors (Lipinski definition) is 2. The fraction of sp³-hybridized carbons (Fsp3) is 0.100. The van der Waals surface area contributed by atoms with Gasteiger partial charge >= 0.3 is 0 Å². The van der Waals surface area contributed by atoms with E-state index in [4.69, 9.17) is 12.2 Å². The normalized spacial score (nSPS) is 10.4. The lowest BCUT2D eigenvalue weighted by Gasteiger charge is -2.07. The summed E-state index contributed by atoms with van der Waals surface area (Å²) in [5.41, 5.74) is 5.14. The van der Waals surface area contributed by atoms with Gasteiger partial charge in [-0.3, -0.25) is 4.79 Å². The highest BCUT2D eigenvalue weighted by Crippen LogP contribution is 2.20. The summed E-state index contributed by atoms with van der Waals surface area (Å²) < 4.78 is 0.449. The van der Waals surface area contributed by atoms with Gasteiger partial charge in [-0.25, -0.2) is 0 Å². The van der Waals surface area contributed by atoms with Gasteiger partial charge in [-0.2, -0.15) is 0 Å². The third-order valence-corrected chi connectivity index (χ3v) is 4.16. The van der Waals surface area contributed by atoms with Crippen LogP contribution >= 0.6 is 12.2 Å². The van der Waals surface area contributed by atoms with E-state index in [9.17, 15) is 4.79 Å². The molecule has 0 bridgehead atoms. The summed E-state index contributed by atoms with van der Waals surface area (Å²) >= 11 is 5.12. The minimum Gasteiger partial charge on any atom is -0.352 e. The summed E-state index contributed by atoms with van der Waals surface area (Å²) in [7, 11) is 0. The Morgan fingerprint density at radius 1 is 1.04 bits per heavy atom. The van der Waals surface area contributed by atoms with E-state index in [2.05, 4.69) is 53.6 Å². The number of aromatic amines is 1. The van der Waals surface area contributed by atoms with Crippen LogP contribution in [0.2, 0.25) is 0 Å². The summed E-state index contributed by atoms with van der Waals surface area (Å²) in [6.07, 6.45) is 1.71. The highest BCUT2D eigenvalue weighted by molar-refractivity contribution is 7.71. The standard InChI is InChI=1S/C20H18N2OS/c1-14-4-2-5-17(12-14)16-9-7-15(8-10-16)13-22-19(23)18-6-3-11-21-20(18)24/h2-12H,13H2,1H3,(H,21,24)(H,22,23). The van der Waals surface area contributed by atoms with Gasteiger partial charge < -0.3 is 10.3 Å². The quantitative estimate of drug-likeness (QED) is 0.682. The van der Waals surface area contributed by atoms with Crippen molar-refractivity contribution in [3.8, 4) is 11.1 Å². The first-order valence-electron chi connectivity index (χ1n) is 7.75. The Hall–Kier alpha value is -2.72. The highest BCUT2D eigenvalue weighted by atomic mass is 32.1. The molecule has 0 fully saturated rings. The molecule has 2 N–H and O–H groups in total. The van der Waals surface area contributed by atoms with Crippen molar-refractivity contribution in [3.05, 3.63) is 88.2 Å². The molecule has 0 aliphatic heterocycles. The van der Waals surface area contributed by atoms with Crippen LogP contribution in [-0.2, 0) is 6.54 Å². The Kier molecular flexibility index (Phi) is 4.87. The maximum atomic E-state index is 12.2. The molecule has 3 nitrogen and oxygen atoms in total. The molecule has 1 aromatic heterocycles. The summed E-state index contributed by atoms with van der Waals surface area (Å²) in [5, 5.41) is 2.90. The highest BCUT2D eigenvalue weighted by Gasteiger charge is 2.07. The molecule has 1 amide bonds. The average Bonchev–Trinajstić information content (AvgIpc) is 2.60. The number of rotatable bonds is 4. The van der Waals surface area contributed by atoms with E-state index in [1.165, 1.54) is 16.7 Å². The lowest BCUT2D eigenvalue weighted by atomic mass is 10.0. The second kappa shape index (κ2) is 7.23. The van der Waals surface area contributed by atoms with Crippen LogP contribution in [0.1, 0.15) is 21.5 Å². The third kappa shape index (κ3) is 3.78. The van der Waals surface area contributed by atoms with E-state index in [-0.39, 0.29) is 5.91 Å². The first-order chi connectivity index (χ1) is 11.6. The van der Waals surface area contributed by atoms with Gasteiger partial charge in [-0.15, -0.1) is 0 Å². The van der Waals surface area contributed by atoms with Gasteiger partial charge in [0.1, 0.15) is 4.64 Å². The van der Waals surface area contributed by atoms with Crippen LogP contribution < -0.4 is 5.32 Å². The van der Waals surface area contributed by atoms with Gasteiger partial charge in [0.2, 0.25) is 0 Å². The summed E-state index contributed by atoms with van der Waals surface area (Å²) in [6.45, 7) is 2.55. The van der Waals surface area contributed by atoms with Gasteiger partial charge in [0.25, 0.3) is 5.91 Å². The minimum atomic E-state index is -0.167. The number of carbonyl (C=O) groups is 1. The van der Waals surface area contributed by atoms with Crippen LogP contribution in [0.4, 0.5) is 0 Å². The van der Waals surface area contributed by atoms with Gasteiger partial charge in [-0.05, 0) is 35.7 Å². The molecular formula is C20H18N2OS. The van der Waals surface area contributed by atoms with Crippen LogP contribution in [0.3, 0.4) is 0 Å². The molecule has 0 unspecified atom stereocenters. The van der Waals surface area contributed by atoms with Gasteiger partial charge in [0, 0.05) is 12.7 Å². The topological polar surface area (TPSA) is 44.9 Å². The molecule has 3 aromatic rings. The average molecular weight is 334 g/mol. The zero-order valence-electron chi connectivity index (χ0n) is 13.4. The molecule has 2 aromatic carbocycles. The second-order valence-corrected chi connectivity index (χ2v) is 6.07. The van der Waals surface area contributed by atoms with Crippen molar-refractivity contribution in [2.24, 2.45) is 0 Å². The van der Waals surface area contributed by atoms with Crippen molar-refractivity contribution >= 4 is 18.1 Å². The van der Waals surface area contributed by atoms with E-state index in [1.54, 1.807) is 18.3 Å². The molecule has 1 heterocycles. The molecule has 4 heteroatoms. The molecule has 0 saturated heterocycles. The van der Waals surface area contributed by atoms with Crippen molar-refractivity contribution in [1.82, 2.24) is 10.3 Å². The molecule has 24 heavy (non-hydrogen) atoms. The number of hydrogen-bond donors (Lipinski definition) is 2. The number of aryl methyl sites for hydroxylation is 1. The zero-order chi connectivity index (χ0) is 16.9. The largest absolute Gasteiger partial charge is 0.352 e. The van der Waals surface area contributed by atoms with Crippen molar-refractivity contribution in [2.45, 2.75) is 13.5 Å². The smallest absolute Gasteiger partial charge is 0.254 e. The monoisotopic (exact) mass is 334 g/mol. The first-order valence-corrected chi connectivity index (χ1v) is 8.16. The molecule has 0 aliphatic carbocycles. The van der Waals surface area contributed by atoms with Crippen LogP contribution in [0, 0.1) is 11.6 Å². The number of amides is 1. The number of benzene rings is 2. The molecule has 3 rings (SSSR count). The van der Waals surface area contributed by atoms with E-state index in [0.717, 1.165) is 5.56 Å². The molecule has 0 aliphatic rings. The number of carbonyl (C=O) groups excluding carboxylic acids is 1. The summed E-state index contributed by atoms with van der Waals surface area (Å²) in [5.74, 6) is -0.167. The molecular weight excluding hydrogens is 316 g/mol. The van der Waals surface area contributed by atoms with Gasteiger partial charge in [0.15, 0.2) is 0 Å². The number of nitrogens with one attached hydrogen (secondary N) is 2. The third-order valence-electron chi connectivity index (χ3n) is 3.82. The van der Waals surface area contributed by atoms with Crippen molar-refractivity contribution in [1.29, 1.82) is 0 Å². The fourth-order valence-corrected chi connectivity index (χ4v) is 2.75. The van der Waals surface area contributed by atoms with Gasteiger partial charge in [0.05, 0.1) is 5.56 Å². The molecule has 0 spiro atoms. The summed E-state index contributed by atoms with van der Waals surface area (Å²) in [4.78, 5) is 15.0. The number of H-pyrrole nitrogens is 1. The van der Waals surface area contributed by atoms with Crippen molar-refractivity contribution in [3.63, 3.8) is 0 Å². The van der Waals surface area contributed by atoms with Crippen LogP contribution in [0.5, 0.6) is 0 Å². The van der Waals surface area contributed by atoms with E-state index in [0.29, 0.717) is 16.7 Å².